The summed E-state index contributed by atoms with van der Waals surface area (Å²) >= 11 is 0. The summed E-state index contributed by atoms with van der Waals surface area (Å²) in [5.41, 5.74) is 7.83. The highest BCUT2D eigenvalue weighted by Gasteiger charge is 2.36. The SMILES string of the molecule is CCS(=O)(=O)Oc1ccc(CN)cc1Cc1ccc(N2CC(O)NS2(O)O)c(O)c1. The van der Waals surface area contributed by atoms with E-state index in [2.05, 4.69) is 4.72 Å². The molecule has 0 bridgehead atoms. The molecule has 12 heteroatoms. The van der Waals surface area contributed by atoms with E-state index in [1.807, 2.05) is 0 Å². The van der Waals surface area contributed by atoms with Crippen molar-refractivity contribution in [3.63, 3.8) is 0 Å². The third-order valence-corrected chi connectivity index (χ3v) is 7.26. The van der Waals surface area contributed by atoms with Gasteiger partial charge in [-0.3, -0.25) is 13.4 Å². The number of β-amino-alcohol motifs (C(OH)–C–C–N with tert-alkyl or cyclic N) is 1. The van der Waals surface area contributed by atoms with E-state index in [0.717, 1.165) is 9.87 Å². The minimum Gasteiger partial charge on any atom is -0.506 e. The Balaban J connectivity index is 1.90. The Morgan fingerprint density at radius 3 is 2.50 bits per heavy atom. The lowest BCUT2D eigenvalue weighted by molar-refractivity contribution is 0.182. The van der Waals surface area contributed by atoms with Crippen LogP contribution in [0, 0.1) is 0 Å². The van der Waals surface area contributed by atoms with Gasteiger partial charge in [-0.05, 0) is 36.2 Å². The molecule has 1 atom stereocenters. The lowest BCUT2D eigenvalue weighted by Crippen LogP contribution is -2.25. The van der Waals surface area contributed by atoms with Crippen molar-refractivity contribution in [1.82, 2.24) is 4.72 Å². The number of anilines is 1. The molecule has 0 amide bonds. The molecule has 3 rings (SSSR count). The van der Waals surface area contributed by atoms with Crippen LogP contribution < -0.4 is 18.9 Å². The van der Waals surface area contributed by atoms with E-state index in [4.69, 9.17) is 9.92 Å². The van der Waals surface area contributed by atoms with Crippen LogP contribution in [0.25, 0.3) is 0 Å². The fourth-order valence-corrected chi connectivity index (χ4v) is 4.96. The van der Waals surface area contributed by atoms with Crippen molar-refractivity contribution in [3.8, 4) is 11.5 Å². The molecule has 1 saturated heterocycles. The van der Waals surface area contributed by atoms with Gasteiger partial charge in [0.15, 0.2) is 0 Å². The van der Waals surface area contributed by atoms with Gasteiger partial charge in [-0.25, -0.2) is 0 Å². The number of rotatable bonds is 7. The number of aliphatic hydroxyl groups excluding tert-OH is 1. The van der Waals surface area contributed by atoms with Crippen LogP contribution in [0.15, 0.2) is 36.4 Å². The summed E-state index contributed by atoms with van der Waals surface area (Å²) in [5.74, 6) is -0.219. The van der Waals surface area contributed by atoms with Gasteiger partial charge < -0.3 is 20.1 Å². The fraction of sp³-hybridized carbons (Fsp3) is 0.333. The zero-order chi connectivity index (χ0) is 22.1. The van der Waals surface area contributed by atoms with Crippen molar-refractivity contribution < 1.29 is 31.9 Å². The minimum absolute atomic E-state index is 0.110. The summed E-state index contributed by atoms with van der Waals surface area (Å²) in [6.45, 7) is 1.63. The Bertz CT molecular complexity index is 1030. The Hall–Kier alpha value is -2.06. The standard InChI is InChI=1S/C18H25N3O7S2/c1-2-29(24,25)28-17-6-4-13(10-19)8-14(17)7-12-3-5-15(16(22)9-12)21-11-18(23)20-30(21,26)27/h3-6,8-9,18,20,22-23,26-27H,2,7,10-11,19H2,1H3. The molecule has 0 saturated carbocycles. The molecule has 1 fully saturated rings. The number of phenolic OH excluding ortho intramolecular Hbond substituents is 1. The average Bonchev–Trinajstić information content (AvgIpc) is 2.95. The van der Waals surface area contributed by atoms with Crippen LogP contribution in [0.1, 0.15) is 23.6 Å². The van der Waals surface area contributed by atoms with Crippen LogP contribution >= 0.6 is 11.0 Å². The maximum Gasteiger partial charge on any atom is 0.308 e. The zero-order valence-corrected chi connectivity index (χ0v) is 17.9. The number of benzene rings is 2. The molecule has 7 N–H and O–H groups in total. The Morgan fingerprint density at radius 1 is 1.23 bits per heavy atom. The summed E-state index contributed by atoms with van der Waals surface area (Å²) in [5, 5.41) is 20.1. The summed E-state index contributed by atoms with van der Waals surface area (Å²) in [6.07, 6.45) is -0.902. The molecule has 0 aliphatic carbocycles. The molecule has 0 aromatic heterocycles. The predicted octanol–water partition coefficient (Wildman–Crippen LogP) is 1.48. The maximum atomic E-state index is 11.9. The molecule has 1 unspecified atom stereocenters. The number of hydrogen-bond donors (Lipinski definition) is 6. The molecule has 1 heterocycles. The molecule has 1 aliphatic rings. The van der Waals surface area contributed by atoms with Gasteiger partial charge in [0.1, 0.15) is 23.4 Å². The topological polar surface area (TPSA) is 166 Å². The number of nitrogens with two attached hydrogens (primary N) is 1. The first-order chi connectivity index (χ1) is 14.0. The van der Waals surface area contributed by atoms with E-state index in [0.29, 0.717) is 11.1 Å². The predicted molar refractivity (Wildman–Crippen MR) is 115 cm³/mol. The first-order valence-electron chi connectivity index (χ1n) is 9.12. The highest BCUT2D eigenvalue weighted by atomic mass is 32.3. The molecule has 2 aromatic carbocycles. The number of hydrogen-bond acceptors (Lipinski definition) is 10. The molecular formula is C18H25N3O7S2. The van der Waals surface area contributed by atoms with E-state index < -0.39 is 27.3 Å². The highest BCUT2D eigenvalue weighted by Crippen LogP contribution is 2.49. The van der Waals surface area contributed by atoms with Gasteiger partial charge >= 0.3 is 10.1 Å². The number of nitrogens with one attached hydrogen (secondary N) is 1. The molecule has 166 valence electrons. The second-order valence-corrected chi connectivity index (χ2v) is 10.4. The van der Waals surface area contributed by atoms with Crippen molar-refractivity contribution in [2.24, 2.45) is 5.73 Å². The number of nitrogens with zero attached hydrogens (tertiary/aromatic N) is 1. The number of aromatic hydroxyl groups is 1. The Morgan fingerprint density at radius 2 is 1.93 bits per heavy atom. The highest BCUT2D eigenvalue weighted by molar-refractivity contribution is 8.24. The molecular weight excluding hydrogens is 434 g/mol. The fourth-order valence-electron chi connectivity index (χ4n) is 3.06. The zero-order valence-electron chi connectivity index (χ0n) is 16.2. The normalized spacial score (nSPS) is 19.6. The van der Waals surface area contributed by atoms with Crippen LogP contribution in [0.3, 0.4) is 0 Å². The molecule has 1 aliphatic heterocycles. The lowest BCUT2D eigenvalue weighted by atomic mass is 10.0. The summed E-state index contributed by atoms with van der Waals surface area (Å²) in [6, 6.07) is 9.55. The van der Waals surface area contributed by atoms with Crippen LogP contribution in [0.4, 0.5) is 5.69 Å². The van der Waals surface area contributed by atoms with Crippen molar-refractivity contribution in [1.29, 1.82) is 0 Å². The Kier molecular flexibility index (Phi) is 6.48. The van der Waals surface area contributed by atoms with Crippen LogP contribution in [0.5, 0.6) is 11.5 Å². The third-order valence-electron chi connectivity index (χ3n) is 4.57. The lowest BCUT2D eigenvalue weighted by Gasteiger charge is -2.36. The quantitative estimate of drug-likeness (QED) is 0.334. The second kappa shape index (κ2) is 8.59. The summed E-state index contributed by atoms with van der Waals surface area (Å²) < 4.78 is 52.4. The maximum absolute atomic E-state index is 11.9. The summed E-state index contributed by atoms with van der Waals surface area (Å²) in [7, 11) is -7.17. The van der Waals surface area contributed by atoms with Crippen molar-refractivity contribution >= 4 is 26.8 Å². The van der Waals surface area contributed by atoms with Crippen LogP contribution in [-0.2, 0) is 23.1 Å². The third kappa shape index (κ3) is 4.98. The van der Waals surface area contributed by atoms with Crippen molar-refractivity contribution in [2.45, 2.75) is 26.1 Å². The van der Waals surface area contributed by atoms with Crippen LogP contribution in [-0.4, -0.2) is 46.3 Å². The summed E-state index contributed by atoms with van der Waals surface area (Å²) in [4.78, 5) is 0. The first-order valence-corrected chi connectivity index (χ1v) is 12.2. The van der Waals surface area contributed by atoms with E-state index in [-0.39, 0.29) is 42.4 Å². The van der Waals surface area contributed by atoms with Crippen molar-refractivity contribution in [3.05, 3.63) is 53.1 Å². The van der Waals surface area contributed by atoms with Gasteiger partial charge in [-0.15, -0.1) is 0 Å². The average molecular weight is 460 g/mol. The van der Waals surface area contributed by atoms with Gasteiger partial charge in [0.25, 0.3) is 0 Å². The molecule has 0 radical (unpaired) electrons. The largest absolute Gasteiger partial charge is 0.506 e. The van der Waals surface area contributed by atoms with Gasteiger partial charge in [0.05, 0.1) is 12.3 Å². The second-order valence-electron chi connectivity index (χ2n) is 6.79. The smallest absolute Gasteiger partial charge is 0.308 e. The molecule has 2 aromatic rings. The Labute approximate surface area is 176 Å². The van der Waals surface area contributed by atoms with E-state index >= 15 is 0 Å². The van der Waals surface area contributed by atoms with Crippen molar-refractivity contribution in [2.75, 3.05) is 16.6 Å². The van der Waals surface area contributed by atoms with E-state index in [1.54, 1.807) is 24.3 Å². The van der Waals surface area contributed by atoms with Gasteiger partial charge in [0.2, 0.25) is 0 Å². The van der Waals surface area contributed by atoms with Gasteiger partial charge in [-0.1, -0.05) is 29.2 Å². The minimum atomic E-state index is -3.72. The number of aliphatic hydroxyl groups is 1. The molecule has 10 nitrogen and oxygen atoms in total. The van der Waals surface area contributed by atoms with E-state index in [1.165, 1.54) is 19.1 Å². The van der Waals surface area contributed by atoms with Crippen LogP contribution in [0.2, 0.25) is 0 Å². The van der Waals surface area contributed by atoms with Gasteiger partial charge in [-0.2, -0.15) is 13.1 Å². The first kappa shape index (κ1) is 22.6. The van der Waals surface area contributed by atoms with E-state index in [9.17, 15) is 27.7 Å². The number of phenols is 1. The molecule has 30 heavy (non-hydrogen) atoms. The van der Waals surface area contributed by atoms with Gasteiger partial charge in [0, 0.05) is 18.5 Å². The monoisotopic (exact) mass is 459 g/mol. The molecule has 0 spiro atoms.